The molecule has 0 aliphatic heterocycles. The van der Waals surface area contributed by atoms with Crippen molar-refractivity contribution in [2.24, 2.45) is 5.73 Å². The number of hydrogen-bond acceptors (Lipinski definition) is 3. The summed E-state index contributed by atoms with van der Waals surface area (Å²) in [7, 11) is 0. The van der Waals surface area contributed by atoms with Crippen LogP contribution in [0.2, 0.25) is 0 Å². The summed E-state index contributed by atoms with van der Waals surface area (Å²) in [6, 6.07) is 14.3. The van der Waals surface area contributed by atoms with Gasteiger partial charge in [0.2, 0.25) is 0 Å². The summed E-state index contributed by atoms with van der Waals surface area (Å²) >= 11 is 0. The summed E-state index contributed by atoms with van der Waals surface area (Å²) in [6.45, 7) is 5.75. The van der Waals surface area contributed by atoms with Gasteiger partial charge in [-0.1, -0.05) is 30.3 Å². The molecule has 0 saturated heterocycles. The van der Waals surface area contributed by atoms with Gasteiger partial charge in [0.15, 0.2) is 11.5 Å². The van der Waals surface area contributed by atoms with Crippen LogP contribution in [0.5, 0.6) is 11.5 Å². The molecular formula is C17H21NO2. The maximum absolute atomic E-state index is 5.65. The molecule has 3 heteroatoms. The van der Waals surface area contributed by atoms with Crippen LogP contribution in [-0.2, 0) is 6.54 Å². The van der Waals surface area contributed by atoms with E-state index in [4.69, 9.17) is 15.2 Å². The Morgan fingerprint density at radius 3 is 2.00 bits per heavy atom. The third-order valence-corrected chi connectivity index (χ3v) is 3.07. The van der Waals surface area contributed by atoms with Crippen molar-refractivity contribution in [2.45, 2.75) is 20.4 Å². The van der Waals surface area contributed by atoms with Gasteiger partial charge in [0, 0.05) is 6.54 Å². The van der Waals surface area contributed by atoms with Crippen LogP contribution >= 0.6 is 0 Å². The smallest absolute Gasteiger partial charge is 0.161 e. The fourth-order valence-electron chi connectivity index (χ4n) is 2.06. The Hall–Kier alpha value is -2.00. The van der Waals surface area contributed by atoms with Crippen LogP contribution in [0.4, 0.5) is 0 Å². The molecule has 0 fully saturated rings. The number of benzene rings is 2. The first-order valence-corrected chi connectivity index (χ1v) is 6.97. The lowest BCUT2D eigenvalue weighted by atomic mass is 10.0. The molecule has 0 amide bonds. The second kappa shape index (κ2) is 6.96. The molecule has 0 heterocycles. The Morgan fingerprint density at radius 1 is 0.800 bits per heavy atom. The van der Waals surface area contributed by atoms with Crippen molar-refractivity contribution in [3.8, 4) is 22.6 Å². The SMILES string of the molecule is CCOc1ccc(-c2ccc(CN)cc2)cc1OCC. The van der Waals surface area contributed by atoms with Crippen LogP contribution in [0.1, 0.15) is 19.4 Å². The molecule has 2 N–H and O–H groups in total. The first-order chi connectivity index (χ1) is 9.78. The van der Waals surface area contributed by atoms with E-state index in [0.717, 1.165) is 28.2 Å². The number of rotatable bonds is 6. The van der Waals surface area contributed by atoms with Crippen LogP contribution in [0.15, 0.2) is 42.5 Å². The Balaban J connectivity index is 2.33. The van der Waals surface area contributed by atoms with Crippen molar-refractivity contribution in [1.29, 1.82) is 0 Å². The van der Waals surface area contributed by atoms with Gasteiger partial charge in [-0.15, -0.1) is 0 Å². The molecule has 2 aromatic carbocycles. The Labute approximate surface area is 120 Å². The number of ether oxygens (including phenoxy) is 2. The summed E-state index contributed by atoms with van der Waals surface area (Å²) in [6.07, 6.45) is 0. The second-order valence-corrected chi connectivity index (χ2v) is 4.43. The molecule has 0 radical (unpaired) electrons. The lowest BCUT2D eigenvalue weighted by Gasteiger charge is -2.12. The predicted octanol–water partition coefficient (Wildman–Crippen LogP) is 3.61. The lowest BCUT2D eigenvalue weighted by molar-refractivity contribution is 0.288. The van der Waals surface area contributed by atoms with Gasteiger partial charge in [-0.2, -0.15) is 0 Å². The minimum absolute atomic E-state index is 0.563. The van der Waals surface area contributed by atoms with Gasteiger partial charge in [-0.25, -0.2) is 0 Å². The average Bonchev–Trinajstić information content (AvgIpc) is 2.50. The molecule has 20 heavy (non-hydrogen) atoms. The van der Waals surface area contributed by atoms with Gasteiger partial charge in [-0.3, -0.25) is 0 Å². The number of hydrogen-bond donors (Lipinski definition) is 1. The molecule has 0 bridgehead atoms. The first kappa shape index (κ1) is 14.4. The van der Waals surface area contributed by atoms with Gasteiger partial charge >= 0.3 is 0 Å². The standard InChI is InChI=1S/C17H21NO2/c1-3-19-16-10-9-15(11-17(16)20-4-2)14-7-5-13(12-18)6-8-14/h5-11H,3-4,12,18H2,1-2H3. The molecule has 2 aromatic rings. The van der Waals surface area contributed by atoms with E-state index in [2.05, 4.69) is 12.1 Å². The summed E-state index contributed by atoms with van der Waals surface area (Å²) in [4.78, 5) is 0. The molecule has 106 valence electrons. The van der Waals surface area contributed by atoms with E-state index in [1.165, 1.54) is 0 Å². The van der Waals surface area contributed by atoms with E-state index >= 15 is 0 Å². The normalized spacial score (nSPS) is 10.3. The highest BCUT2D eigenvalue weighted by atomic mass is 16.5. The van der Waals surface area contributed by atoms with Crippen LogP contribution in [0.25, 0.3) is 11.1 Å². The summed E-state index contributed by atoms with van der Waals surface area (Å²) in [5, 5.41) is 0. The maximum atomic E-state index is 5.65. The molecule has 3 nitrogen and oxygen atoms in total. The van der Waals surface area contributed by atoms with Crippen LogP contribution in [0, 0.1) is 0 Å². The fourth-order valence-corrected chi connectivity index (χ4v) is 2.06. The third kappa shape index (κ3) is 3.31. The van der Waals surface area contributed by atoms with Gasteiger partial charge in [-0.05, 0) is 42.7 Å². The topological polar surface area (TPSA) is 44.5 Å². The van der Waals surface area contributed by atoms with E-state index in [1.54, 1.807) is 0 Å². The zero-order valence-electron chi connectivity index (χ0n) is 12.1. The molecule has 0 atom stereocenters. The molecule has 0 aromatic heterocycles. The quantitative estimate of drug-likeness (QED) is 0.873. The summed E-state index contributed by atoms with van der Waals surface area (Å²) in [5.74, 6) is 1.58. The van der Waals surface area contributed by atoms with E-state index in [9.17, 15) is 0 Å². The summed E-state index contributed by atoms with van der Waals surface area (Å²) in [5.41, 5.74) is 9.00. The number of nitrogens with two attached hydrogens (primary N) is 1. The highest BCUT2D eigenvalue weighted by Gasteiger charge is 2.07. The van der Waals surface area contributed by atoms with E-state index < -0.39 is 0 Å². The van der Waals surface area contributed by atoms with Crippen molar-refractivity contribution in [3.05, 3.63) is 48.0 Å². The zero-order valence-corrected chi connectivity index (χ0v) is 12.1. The Bertz CT molecular complexity index is 549. The van der Waals surface area contributed by atoms with Crippen molar-refractivity contribution >= 4 is 0 Å². The largest absolute Gasteiger partial charge is 0.490 e. The maximum Gasteiger partial charge on any atom is 0.161 e. The highest BCUT2D eigenvalue weighted by molar-refractivity contribution is 5.67. The molecule has 0 unspecified atom stereocenters. The van der Waals surface area contributed by atoms with Crippen LogP contribution < -0.4 is 15.2 Å². The fraction of sp³-hybridized carbons (Fsp3) is 0.294. The van der Waals surface area contributed by atoms with Crippen molar-refractivity contribution in [3.63, 3.8) is 0 Å². The van der Waals surface area contributed by atoms with E-state index in [-0.39, 0.29) is 0 Å². The van der Waals surface area contributed by atoms with Crippen LogP contribution in [0.3, 0.4) is 0 Å². The molecule has 0 aliphatic carbocycles. The van der Waals surface area contributed by atoms with Crippen molar-refractivity contribution < 1.29 is 9.47 Å². The van der Waals surface area contributed by atoms with E-state index in [0.29, 0.717) is 19.8 Å². The molecule has 0 saturated carbocycles. The molecule has 0 spiro atoms. The van der Waals surface area contributed by atoms with Gasteiger partial charge in [0.05, 0.1) is 13.2 Å². The summed E-state index contributed by atoms with van der Waals surface area (Å²) < 4.78 is 11.2. The van der Waals surface area contributed by atoms with Crippen molar-refractivity contribution in [2.75, 3.05) is 13.2 Å². The monoisotopic (exact) mass is 271 g/mol. The second-order valence-electron chi connectivity index (χ2n) is 4.43. The average molecular weight is 271 g/mol. The van der Waals surface area contributed by atoms with Gasteiger partial charge in [0.1, 0.15) is 0 Å². The van der Waals surface area contributed by atoms with E-state index in [1.807, 2.05) is 44.2 Å². The first-order valence-electron chi connectivity index (χ1n) is 6.97. The molecule has 0 aliphatic rings. The van der Waals surface area contributed by atoms with Crippen LogP contribution in [-0.4, -0.2) is 13.2 Å². The minimum atomic E-state index is 0.563. The molecule has 2 rings (SSSR count). The minimum Gasteiger partial charge on any atom is -0.490 e. The van der Waals surface area contributed by atoms with Crippen molar-refractivity contribution in [1.82, 2.24) is 0 Å². The Kier molecular flexibility index (Phi) is 5.02. The predicted molar refractivity (Wildman–Crippen MR) is 82.1 cm³/mol. The highest BCUT2D eigenvalue weighted by Crippen LogP contribution is 2.32. The van der Waals surface area contributed by atoms with Gasteiger partial charge < -0.3 is 15.2 Å². The molecular weight excluding hydrogens is 250 g/mol. The Morgan fingerprint density at radius 2 is 1.40 bits per heavy atom. The zero-order chi connectivity index (χ0) is 14.4. The third-order valence-electron chi connectivity index (χ3n) is 3.07. The van der Waals surface area contributed by atoms with Gasteiger partial charge in [0.25, 0.3) is 0 Å². The lowest BCUT2D eigenvalue weighted by Crippen LogP contribution is -1.98.